The van der Waals surface area contributed by atoms with E-state index in [-0.39, 0.29) is 36.1 Å². The van der Waals surface area contributed by atoms with Crippen LogP contribution in [0.5, 0.6) is 0 Å². The maximum Gasteiger partial charge on any atom is 0.223 e. The van der Waals surface area contributed by atoms with Crippen molar-refractivity contribution < 1.29 is 9.59 Å². The third-order valence-corrected chi connectivity index (χ3v) is 2.63. The zero-order valence-corrected chi connectivity index (χ0v) is 9.10. The minimum atomic E-state index is -0.387. The molecule has 3 N–H and O–H groups in total. The van der Waals surface area contributed by atoms with Gasteiger partial charge in [-0.15, -0.1) is 12.4 Å². The summed E-state index contributed by atoms with van der Waals surface area (Å²) in [4.78, 5) is 22.3. The highest BCUT2D eigenvalue weighted by Crippen LogP contribution is 2.20. The van der Waals surface area contributed by atoms with Gasteiger partial charge in [-0.05, 0) is 12.8 Å². The van der Waals surface area contributed by atoms with Crippen molar-refractivity contribution in [2.45, 2.75) is 26.2 Å². The largest absolute Gasteiger partial charge is 0.369 e. The number of carbonyl (C=O) groups is 2. The summed E-state index contributed by atoms with van der Waals surface area (Å²) in [6.07, 6.45) is 2.75. The Balaban J connectivity index is 0.00000169. The molecular weight excluding hydrogens is 204 g/mol. The average Bonchev–Trinajstić information content (AvgIpc) is 2.28. The third kappa shape index (κ3) is 3.18. The Morgan fingerprint density at radius 1 is 1.57 bits per heavy atom. The van der Waals surface area contributed by atoms with Gasteiger partial charge in [0.2, 0.25) is 11.8 Å². The van der Waals surface area contributed by atoms with Gasteiger partial charge in [-0.2, -0.15) is 0 Å². The van der Waals surface area contributed by atoms with E-state index >= 15 is 0 Å². The van der Waals surface area contributed by atoms with Gasteiger partial charge in [0.15, 0.2) is 0 Å². The van der Waals surface area contributed by atoms with Crippen LogP contribution in [0.3, 0.4) is 0 Å². The highest BCUT2D eigenvalue weighted by Gasteiger charge is 2.29. The number of hydrogen-bond donors (Lipinski definition) is 2. The van der Waals surface area contributed by atoms with Crippen LogP contribution >= 0.6 is 12.4 Å². The second-order valence-corrected chi connectivity index (χ2v) is 3.58. The molecule has 0 aliphatic carbocycles. The van der Waals surface area contributed by atoms with Crippen LogP contribution in [0.4, 0.5) is 0 Å². The fraction of sp³-hybridized carbons (Fsp3) is 0.778. The van der Waals surface area contributed by atoms with Crippen LogP contribution in [0, 0.1) is 11.8 Å². The van der Waals surface area contributed by atoms with Gasteiger partial charge in [-0.25, -0.2) is 0 Å². The van der Waals surface area contributed by atoms with Crippen LogP contribution < -0.4 is 11.1 Å². The fourth-order valence-electron chi connectivity index (χ4n) is 1.64. The van der Waals surface area contributed by atoms with Crippen molar-refractivity contribution in [1.29, 1.82) is 0 Å². The van der Waals surface area contributed by atoms with Crippen molar-refractivity contribution in [2.24, 2.45) is 17.6 Å². The molecule has 0 aromatic carbocycles. The standard InChI is InChI=1S/C9H16N2O2.ClH/c1-6(8(10)12)7-4-2-3-5-11-9(7)13;/h6-7H,2-5H2,1H3,(H2,10,12)(H,11,13);1H/t6?,7-;/m0./s1. The summed E-state index contributed by atoms with van der Waals surface area (Å²) >= 11 is 0. The normalized spacial score (nSPS) is 24.1. The van der Waals surface area contributed by atoms with Crippen LogP contribution in [-0.2, 0) is 9.59 Å². The highest BCUT2D eigenvalue weighted by atomic mass is 35.5. The minimum Gasteiger partial charge on any atom is -0.369 e. The molecule has 0 radical (unpaired) electrons. The van der Waals surface area contributed by atoms with Gasteiger partial charge in [0.25, 0.3) is 0 Å². The molecule has 82 valence electrons. The predicted octanol–water partition coefficient (Wildman–Crippen LogP) is 0.446. The van der Waals surface area contributed by atoms with Crippen LogP contribution in [0.25, 0.3) is 0 Å². The van der Waals surface area contributed by atoms with Gasteiger partial charge >= 0.3 is 0 Å². The van der Waals surface area contributed by atoms with Crippen molar-refractivity contribution in [3.05, 3.63) is 0 Å². The number of halogens is 1. The number of nitrogens with one attached hydrogen (secondary N) is 1. The van der Waals surface area contributed by atoms with Gasteiger partial charge in [0.05, 0.1) is 0 Å². The van der Waals surface area contributed by atoms with E-state index < -0.39 is 0 Å². The quantitative estimate of drug-likeness (QED) is 0.709. The summed E-state index contributed by atoms with van der Waals surface area (Å²) in [6, 6.07) is 0. The molecule has 2 amide bonds. The van der Waals surface area contributed by atoms with Crippen LogP contribution in [-0.4, -0.2) is 18.4 Å². The molecule has 0 aromatic heterocycles. The summed E-state index contributed by atoms with van der Waals surface area (Å²) < 4.78 is 0. The summed E-state index contributed by atoms with van der Waals surface area (Å²) in [5, 5.41) is 2.78. The first-order chi connectivity index (χ1) is 6.13. The van der Waals surface area contributed by atoms with E-state index in [2.05, 4.69) is 5.32 Å². The molecular formula is C9H17ClN2O2. The van der Waals surface area contributed by atoms with Crippen LogP contribution in [0.15, 0.2) is 0 Å². The molecule has 0 aromatic rings. The lowest BCUT2D eigenvalue weighted by Gasteiger charge is -2.17. The van der Waals surface area contributed by atoms with E-state index in [1.807, 2.05) is 0 Å². The minimum absolute atomic E-state index is 0. The number of primary amides is 1. The number of hydrogen-bond acceptors (Lipinski definition) is 2. The lowest BCUT2D eigenvalue weighted by Crippen LogP contribution is -2.37. The topological polar surface area (TPSA) is 72.2 Å². The van der Waals surface area contributed by atoms with Crippen molar-refractivity contribution in [3.8, 4) is 0 Å². The molecule has 14 heavy (non-hydrogen) atoms. The molecule has 1 saturated heterocycles. The molecule has 0 saturated carbocycles. The van der Waals surface area contributed by atoms with Crippen molar-refractivity contribution >= 4 is 24.2 Å². The van der Waals surface area contributed by atoms with Crippen molar-refractivity contribution in [2.75, 3.05) is 6.54 Å². The molecule has 1 unspecified atom stereocenters. The van der Waals surface area contributed by atoms with Gasteiger partial charge in [0.1, 0.15) is 0 Å². The third-order valence-electron chi connectivity index (χ3n) is 2.63. The molecule has 4 nitrogen and oxygen atoms in total. The van der Waals surface area contributed by atoms with Gasteiger partial charge in [0, 0.05) is 18.4 Å². The molecule has 0 spiro atoms. The lowest BCUT2D eigenvalue weighted by atomic mass is 9.89. The smallest absolute Gasteiger partial charge is 0.223 e. The number of rotatable bonds is 2. The van der Waals surface area contributed by atoms with Gasteiger partial charge in [-0.1, -0.05) is 13.3 Å². The fourth-order valence-corrected chi connectivity index (χ4v) is 1.64. The Kier molecular flexibility index (Phi) is 5.53. The molecule has 0 bridgehead atoms. The maximum absolute atomic E-state index is 11.4. The maximum atomic E-state index is 11.4. The van der Waals surface area contributed by atoms with E-state index in [0.717, 1.165) is 25.8 Å². The second kappa shape index (κ2) is 5.86. The highest BCUT2D eigenvalue weighted by molar-refractivity contribution is 5.86. The number of carbonyl (C=O) groups excluding carboxylic acids is 2. The average molecular weight is 221 g/mol. The molecule has 2 atom stereocenters. The summed E-state index contributed by atoms with van der Waals surface area (Å²) in [7, 11) is 0. The summed E-state index contributed by atoms with van der Waals surface area (Å²) in [6.45, 7) is 2.44. The molecule has 1 aliphatic heterocycles. The van der Waals surface area contributed by atoms with E-state index in [4.69, 9.17) is 5.73 Å². The SMILES string of the molecule is CC(C(N)=O)[C@@H]1CCCCNC1=O.Cl. The number of amides is 2. The Hall–Kier alpha value is -0.770. The Morgan fingerprint density at radius 3 is 2.79 bits per heavy atom. The van der Waals surface area contributed by atoms with E-state index in [9.17, 15) is 9.59 Å². The summed E-state index contributed by atoms with van der Waals surface area (Å²) in [5.41, 5.74) is 5.16. The monoisotopic (exact) mass is 220 g/mol. The van der Waals surface area contributed by atoms with Crippen molar-refractivity contribution in [1.82, 2.24) is 5.32 Å². The first-order valence-corrected chi connectivity index (χ1v) is 4.70. The first-order valence-electron chi connectivity index (χ1n) is 4.70. The zero-order chi connectivity index (χ0) is 9.84. The predicted molar refractivity (Wildman–Crippen MR) is 56.0 cm³/mol. The number of nitrogens with two attached hydrogens (primary N) is 1. The first kappa shape index (κ1) is 13.2. The Bertz CT molecular complexity index is 221. The summed E-state index contributed by atoms with van der Waals surface area (Å²) in [5.74, 6) is -0.982. The zero-order valence-electron chi connectivity index (χ0n) is 8.29. The molecule has 1 aliphatic rings. The van der Waals surface area contributed by atoms with Crippen LogP contribution in [0.1, 0.15) is 26.2 Å². The molecule has 1 rings (SSSR count). The molecule has 1 fully saturated rings. The van der Waals surface area contributed by atoms with Crippen LogP contribution in [0.2, 0.25) is 0 Å². The van der Waals surface area contributed by atoms with Gasteiger partial charge < -0.3 is 11.1 Å². The Morgan fingerprint density at radius 2 is 2.21 bits per heavy atom. The molecule has 5 heteroatoms. The Labute approximate surface area is 90.0 Å². The molecule has 1 heterocycles. The second-order valence-electron chi connectivity index (χ2n) is 3.58. The van der Waals surface area contributed by atoms with Gasteiger partial charge in [-0.3, -0.25) is 9.59 Å². The lowest BCUT2D eigenvalue weighted by molar-refractivity contribution is -0.132. The van der Waals surface area contributed by atoms with E-state index in [1.165, 1.54) is 0 Å². The van der Waals surface area contributed by atoms with E-state index in [0.29, 0.717) is 0 Å². The van der Waals surface area contributed by atoms with Crippen molar-refractivity contribution in [3.63, 3.8) is 0 Å². The van der Waals surface area contributed by atoms with E-state index in [1.54, 1.807) is 6.92 Å².